The molecule has 1 aromatic carbocycles. The fourth-order valence-corrected chi connectivity index (χ4v) is 2.19. The van der Waals surface area contributed by atoms with Gasteiger partial charge in [0.25, 0.3) is 5.91 Å². The highest BCUT2D eigenvalue weighted by Gasteiger charge is 2.09. The van der Waals surface area contributed by atoms with Gasteiger partial charge >= 0.3 is 0 Å². The second-order valence-electron chi connectivity index (χ2n) is 4.83. The van der Waals surface area contributed by atoms with Crippen molar-refractivity contribution < 1.29 is 9.53 Å². The Labute approximate surface area is 129 Å². The first-order valence-electron chi connectivity index (χ1n) is 7.08. The van der Waals surface area contributed by atoms with E-state index < -0.39 is 0 Å². The van der Waals surface area contributed by atoms with Gasteiger partial charge in [-0.05, 0) is 39.0 Å². The highest BCUT2D eigenvalue weighted by atomic mass is 16.5. The van der Waals surface area contributed by atoms with Crippen LogP contribution >= 0.6 is 0 Å². The van der Waals surface area contributed by atoms with E-state index in [9.17, 15) is 4.79 Å². The molecule has 1 N–H and O–H groups in total. The van der Waals surface area contributed by atoms with Crippen molar-refractivity contribution in [2.75, 3.05) is 7.11 Å². The standard InChI is InChI=1S/C16H20N4O2/c1-5-20-12(3)15(11(2)19-20)10-17-18-16(21)13-7-6-8-14(9-13)22-4/h6-10H,5H2,1-4H3,(H,18,21). The zero-order chi connectivity index (χ0) is 16.1. The number of carbonyl (C=O) groups excluding carboxylic acids is 1. The van der Waals surface area contributed by atoms with Crippen LogP contribution in [0.15, 0.2) is 29.4 Å². The van der Waals surface area contributed by atoms with Crippen LogP contribution in [-0.4, -0.2) is 29.0 Å². The monoisotopic (exact) mass is 300 g/mol. The highest BCUT2D eigenvalue weighted by Crippen LogP contribution is 2.12. The number of amides is 1. The van der Waals surface area contributed by atoms with Crippen molar-refractivity contribution in [1.82, 2.24) is 15.2 Å². The molecule has 0 saturated carbocycles. The number of benzene rings is 1. The Hall–Kier alpha value is -2.63. The van der Waals surface area contributed by atoms with Crippen molar-refractivity contribution in [1.29, 1.82) is 0 Å². The lowest BCUT2D eigenvalue weighted by Gasteiger charge is -2.03. The van der Waals surface area contributed by atoms with E-state index in [2.05, 4.69) is 15.6 Å². The summed E-state index contributed by atoms with van der Waals surface area (Å²) in [7, 11) is 1.56. The molecule has 0 aliphatic rings. The molecule has 2 aromatic rings. The number of methoxy groups -OCH3 is 1. The number of carbonyl (C=O) groups is 1. The van der Waals surface area contributed by atoms with E-state index in [1.165, 1.54) is 0 Å². The van der Waals surface area contributed by atoms with Crippen molar-refractivity contribution in [3.05, 3.63) is 46.8 Å². The van der Waals surface area contributed by atoms with Gasteiger partial charge in [0.2, 0.25) is 0 Å². The van der Waals surface area contributed by atoms with Gasteiger partial charge in [0.1, 0.15) is 5.75 Å². The normalized spacial score (nSPS) is 10.9. The Morgan fingerprint density at radius 1 is 1.45 bits per heavy atom. The molecule has 0 fully saturated rings. The topological polar surface area (TPSA) is 68.5 Å². The van der Waals surface area contributed by atoms with Crippen molar-refractivity contribution in [2.24, 2.45) is 5.10 Å². The van der Waals surface area contributed by atoms with Gasteiger partial charge in [-0.25, -0.2) is 5.43 Å². The van der Waals surface area contributed by atoms with Crippen LogP contribution < -0.4 is 10.2 Å². The van der Waals surface area contributed by atoms with Crippen LogP contribution in [-0.2, 0) is 6.54 Å². The Kier molecular flexibility index (Phi) is 4.93. The van der Waals surface area contributed by atoms with Crippen LogP contribution in [0.5, 0.6) is 5.75 Å². The lowest BCUT2D eigenvalue weighted by Crippen LogP contribution is -2.17. The largest absolute Gasteiger partial charge is 0.497 e. The molecule has 0 radical (unpaired) electrons. The van der Waals surface area contributed by atoms with Gasteiger partial charge in [-0.2, -0.15) is 10.2 Å². The third-order valence-corrected chi connectivity index (χ3v) is 3.43. The molecule has 2 rings (SSSR count). The lowest BCUT2D eigenvalue weighted by atomic mass is 10.2. The van der Waals surface area contributed by atoms with E-state index in [4.69, 9.17) is 4.74 Å². The molecular formula is C16H20N4O2. The van der Waals surface area contributed by atoms with E-state index in [0.717, 1.165) is 23.5 Å². The van der Waals surface area contributed by atoms with Gasteiger partial charge in [0.15, 0.2) is 0 Å². The van der Waals surface area contributed by atoms with Crippen LogP contribution in [0.1, 0.15) is 34.2 Å². The third-order valence-electron chi connectivity index (χ3n) is 3.43. The molecule has 1 amide bonds. The number of nitrogens with zero attached hydrogens (tertiary/aromatic N) is 3. The van der Waals surface area contributed by atoms with Crippen LogP contribution in [0.25, 0.3) is 0 Å². The highest BCUT2D eigenvalue weighted by molar-refractivity contribution is 5.95. The summed E-state index contributed by atoms with van der Waals surface area (Å²) in [5, 5.41) is 8.43. The number of hydrogen-bond acceptors (Lipinski definition) is 4. The Morgan fingerprint density at radius 2 is 2.23 bits per heavy atom. The molecule has 1 heterocycles. The summed E-state index contributed by atoms with van der Waals surface area (Å²) >= 11 is 0. The van der Waals surface area contributed by atoms with Gasteiger partial charge in [-0.15, -0.1) is 0 Å². The van der Waals surface area contributed by atoms with E-state index in [-0.39, 0.29) is 5.91 Å². The number of rotatable bonds is 5. The van der Waals surface area contributed by atoms with E-state index in [1.807, 2.05) is 25.5 Å². The number of aryl methyl sites for hydroxylation is 2. The smallest absolute Gasteiger partial charge is 0.271 e. The Morgan fingerprint density at radius 3 is 2.86 bits per heavy atom. The molecule has 116 valence electrons. The fourth-order valence-electron chi connectivity index (χ4n) is 2.19. The molecule has 22 heavy (non-hydrogen) atoms. The Balaban J connectivity index is 2.09. The summed E-state index contributed by atoms with van der Waals surface area (Å²) in [4.78, 5) is 12.0. The first-order valence-corrected chi connectivity index (χ1v) is 7.08. The molecule has 6 heteroatoms. The predicted molar refractivity (Wildman–Crippen MR) is 85.4 cm³/mol. The van der Waals surface area contributed by atoms with Crippen molar-refractivity contribution in [3.63, 3.8) is 0 Å². The zero-order valence-electron chi connectivity index (χ0n) is 13.3. The minimum Gasteiger partial charge on any atom is -0.497 e. The van der Waals surface area contributed by atoms with Crippen LogP contribution in [0.4, 0.5) is 0 Å². The third kappa shape index (κ3) is 3.33. The summed E-state index contributed by atoms with van der Waals surface area (Å²) in [6.07, 6.45) is 1.63. The fraction of sp³-hybridized carbons (Fsp3) is 0.312. The number of nitrogens with one attached hydrogen (secondary N) is 1. The first kappa shape index (κ1) is 15.8. The minimum absolute atomic E-state index is 0.284. The molecule has 0 atom stereocenters. The van der Waals surface area contributed by atoms with E-state index >= 15 is 0 Å². The van der Waals surface area contributed by atoms with E-state index in [0.29, 0.717) is 11.3 Å². The van der Waals surface area contributed by atoms with Crippen LogP contribution in [0.3, 0.4) is 0 Å². The predicted octanol–water partition coefficient (Wildman–Crippen LogP) is 2.29. The zero-order valence-corrected chi connectivity index (χ0v) is 13.3. The summed E-state index contributed by atoms with van der Waals surface area (Å²) in [6, 6.07) is 6.92. The second kappa shape index (κ2) is 6.89. The molecule has 0 unspecified atom stereocenters. The van der Waals surface area contributed by atoms with Gasteiger partial charge in [0, 0.05) is 23.4 Å². The summed E-state index contributed by atoms with van der Waals surface area (Å²) < 4.78 is 7.00. The van der Waals surface area contributed by atoms with Crippen LogP contribution in [0.2, 0.25) is 0 Å². The maximum Gasteiger partial charge on any atom is 0.271 e. The van der Waals surface area contributed by atoms with Gasteiger partial charge in [0.05, 0.1) is 19.0 Å². The summed E-state index contributed by atoms with van der Waals surface area (Å²) in [5.74, 6) is 0.348. The molecule has 0 aliphatic heterocycles. The molecule has 0 saturated heterocycles. The number of hydrogen-bond donors (Lipinski definition) is 1. The molecule has 0 bridgehead atoms. The number of hydrazone groups is 1. The second-order valence-corrected chi connectivity index (χ2v) is 4.83. The Bertz CT molecular complexity index is 704. The summed E-state index contributed by atoms with van der Waals surface area (Å²) in [6.45, 7) is 6.74. The van der Waals surface area contributed by atoms with Gasteiger partial charge < -0.3 is 4.74 Å². The number of aromatic nitrogens is 2. The summed E-state index contributed by atoms with van der Waals surface area (Å²) in [5.41, 5.74) is 5.85. The first-order chi connectivity index (χ1) is 10.6. The molecule has 1 aromatic heterocycles. The minimum atomic E-state index is -0.284. The molecule has 0 spiro atoms. The quantitative estimate of drug-likeness (QED) is 0.680. The molecule has 0 aliphatic carbocycles. The van der Waals surface area contributed by atoms with Crippen molar-refractivity contribution >= 4 is 12.1 Å². The van der Waals surface area contributed by atoms with Gasteiger partial charge in [-0.3, -0.25) is 9.48 Å². The maximum absolute atomic E-state index is 12.0. The lowest BCUT2D eigenvalue weighted by molar-refractivity contribution is 0.0955. The maximum atomic E-state index is 12.0. The number of ether oxygens (including phenoxy) is 1. The van der Waals surface area contributed by atoms with Crippen molar-refractivity contribution in [2.45, 2.75) is 27.3 Å². The van der Waals surface area contributed by atoms with E-state index in [1.54, 1.807) is 37.6 Å². The average molecular weight is 300 g/mol. The molecular weight excluding hydrogens is 280 g/mol. The molecule has 6 nitrogen and oxygen atoms in total. The SMILES string of the molecule is CCn1nc(C)c(C=NNC(=O)c2cccc(OC)c2)c1C. The van der Waals surface area contributed by atoms with Crippen molar-refractivity contribution in [3.8, 4) is 5.75 Å². The average Bonchev–Trinajstić information content (AvgIpc) is 2.82. The van der Waals surface area contributed by atoms with Crippen LogP contribution in [0, 0.1) is 13.8 Å². The van der Waals surface area contributed by atoms with Gasteiger partial charge in [-0.1, -0.05) is 6.07 Å².